The van der Waals surface area contributed by atoms with Gasteiger partial charge in [-0.1, -0.05) is 56.8 Å². The van der Waals surface area contributed by atoms with Crippen LogP contribution in [0.25, 0.3) is 0 Å². The minimum Gasteiger partial charge on any atom is -0.122 e. The van der Waals surface area contributed by atoms with Crippen LogP contribution in [0.4, 0.5) is 0 Å². The first-order valence-electron chi connectivity index (χ1n) is 3.36. The molecule has 0 N–H and O–H groups in total. The van der Waals surface area contributed by atoms with Gasteiger partial charge in [0.1, 0.15) is 0 Å². The Morgan fingerprint density at radius 3 is 2.23 bits per heavy atom. The van der Waals surface area contributed by atoms with Gasteiger partial charge in [0, 0.05) is 15.9 Å². The molecule has 0 atom stereocenters. The zero-order chi connectivity index (χ0) is 10.1. The normalized spacial score (nSPS) is 11.8. The van der Waals surface area contributed by atoms with E-state index in [1.165, 1.54) is 0 Å². The first-order chi connectivity index (χ1) is 5.93. The molecule has 0 radical (unpaired) electrons. The molecule has 0 saturated carbocycles. The third kappa shape index (κ3) is 3.49. The first kappa shape index (κ1) is 11.9. The monoisotopic (exact) mass is 320 g/mol. The summed E-state index contributed by atoms with van der Waals surface area (Å²) in [6, 6.07) is 5.40. The van der Waals surface area contributed by atoms with Crippen LogP contribution in [0, 0.1) is 0 Å². The predicted octanol–water partition coefficient (Wildman–Crippen LogP) is 5.01. The van der Waals surface area contributed by atoms with E-state index >= 15 is 0 Å². The van der Waals surface area contributed by atoms with E-state index in [9.17, 15) is 0 Å². The van der Waals surface area contributed by atoms with Crippen molar-refractivity contribution in [2.75, 3.05) is 0 Å². The summed E-state index contributed by atoms with van der Waals surface area (Å²) in [5, 5.41) is 0. The average Bonchev–Trinajstić information content (AvgIpc) is 2.01. The quantitative estimate of drug-likeness (QED) is 0.637. The largest absolute Gasteiger partial charge is 0.216 e. The van der Waals surface area contributed by atoms with Crippen molar-refractivity contribution in [1.29, 1.82) is 0 Å². The molecule has 0 amide bonds. The Bertz CT molecular complexity index is 306. The molecular formula is C8H5BrCl4. The lowest BCUT2D eigenvalue weighted by atomic mass is 10.2. The number of hydrogen-bond donors (Lipinski definition) is 0. The molecule has 1 aromatic rings. The third-order valence-corrected chi connectivity index (χ3v) is 2.86. The molecule has 0 aliphatic rings. The van der Waals surface area contributed by atoms with Crippen LogP contribution in [0.5, 0.6) is 0 Å². The smallest absolute Gasteiger partial charge is 0.122 e. The van der Waals surface area contributed by atoms with Crippen LogP contribution in [0.1, 0.15) is 11.1 Å². The molecule has 1 aromatic carbocycles. The van der Waals surface area contributed by atoms with Gasteiger partial charge >= 0.3 is 0 Å². The Morgan fingerprint density at radius 2 is 1.77 bits per heavy atom. The van der Waals surface area contributed by atoms with E-state index in [-0.39, 0.29) is 0 Å². The van der Waals surface area contributed by atoms with Crippen molar-refractivity contribution in [3.63, 3.8) is 0 Å². The van der Waals surface area contributed by atoms with Crippen LogP contribution in [0.3, 0.4) is 0 Å². The molecule has 0 spiro atoms. The van der Waals surface area contributed by atoms with Crippen molar-refractivity contribution < 1.29 is 0 Å². The van der Waals surface area contributed by atoms with Crippen LogP contribution < -0.4 is 0 Å². The Balaban J connectivity index is 3.16. The van der Waals surface area contributed by atoms with Gasteiger partial charge in [-0.2, -0.15) is 0 Å². The molecule has 0 heterocycles. The number of alkyl halides is 4. The van der Waals surface area contributed by atoms with Gasteiger partial charge in [-0.05, 0) is 17.7 Å². The SMILES string of the molecule is ClCc1cc(Br)cc(C(Cl)(Cl)Cl)c1. The van der Waals surface area contributed by atoms with Crippen molar-refractivity contribution >= 4 is 62.3 Å². The molecule has 0 bridgehead atoms. The Hall–Kier alpha value is 0.860. The molecular weight excluding hydrogens is 318 g/mol. The number of benzene rings is 1. The van der Waals surface area contributed by atoms with Crippen LogP contribution in [-0.4, -0.2) is 0 Å². The molecule has 0 fully saturated rings. The van der Waals surface area contributed by atoms with E-state index in [2.05, 4.69) is 15.9 Å². The molecule has 1 rings (SSSR count). The number of rotatable bonds is 1. The topological polar surface area (TPSA) is 0 Å². The summed E-state index contributed by atoms with van der Waals surface area (Å²) in [6.45, 7) is 0. The highest BCUT2D eigenvalue weighted by molar-refractivity contribution is 9.10. The standard InChI is InChI=1S/C8H5BrCl4/c9-7-2-5(4-10)1-6(3-7)8(11,12)13/h1-3H,4H2. The first-order valence-corrected chi connectivity index (χ1v) is 5.82. The molecule has 72 valence electrons. The predicted molar refractivity (Wildman–Crippen MR) is 62.9 cm³/mol. The summed E-state index contributed by atoms with van der Waals surface area (Å²) in [4.78, 5) is 0. The average molecular weight is 323 g/mol. The van der Waals surface area contributed by atoms with E-state index in [0.717, 1.165) is 10.0 Å². The Labute approximate surface area is 105 Å². The lowest BCUT2D eigenvalue weighted by Crippen LogP contribution is -2.00. The lowest BCUT2D eigenvalue weighted by Gasteiger charge is -2.12. The zero-order valence-corrected chi connectivity index (χ0v) is 10.9. The van der Waals surface area contributed by atoms with Gasteiger partial charge in [0.25, 0.3) is 0 Å². The summed E-state index contributed by atoms with van der Waals surface area (Å²) >= 11 is 26.2. The van der Waals surface area contributed by atoms with Gasteiger partial charge < -0.3 is 0 Å². The molecule has 13 heavy (non-hydrogen) atoms. The maximum absolute atomic E-state index is 5.73. The van der Waals surface area contributed by atoms with Crippen molar-refractivity contribution in [3.8, 4) is 0 Å². The molecule has 0 saturated heterocycles. The summed E-state index contributed by atoms with van der Waals surface area (Å²) in [7, 11) is 0. The Kier molecular flexibility index (Phi) is 4.21. The van der Waals surface area contributed by atoms with Gasteiger partial charge in [0.15, 0.2) is 0 Å². The fourth-order valence-electron chi connectivity index (χ4n) is 0.891. The summed E-state index contributed by atoms with van der Waals surface area (Å²) in [5.41, 5.74) is 1.53. The van der Waals surface area contributed by atoms with E-state index < -0.39 is 3.79 Å². The van der Waals surface area contributed by atoms with Gasteiger partial charge in [0.2, 0.25) is 3.79 Å². The van der Waals surface area contributed by atoms with Gasteiger partial charge in [-0.3, -0.25) is 0 Å². The van der Waals surface area contributed by atoms with E-state index in [1.54, 1.807) is 12.1 Å². The molecule has 0 aliphatic heterocycles. The highest BCUT2D eigenvalue weighted by atomic mass is 79.9. The number of halogens is 5. The van der Waals surface area contributed by atoms with Crippen LogP contribution in [-0.2, 0) is 9.67 Å². The van der Waals surface area contributed by atoms with Gasteiger partial charge in [-0.15, -0.1) is 11.6 Å². The van der Waals surface area contributed by atoms with Crippen LogP contribution in [0.15, 0.2) is 22.7 Å². The van der Waals surface area contributed by atoms with Crippen molar-refractivity contribution in [2.24, 2.45) is 0 Å². The lowest BCUT2D eigenvalue weighted by molar-refractivity contribution is 1.21. The van der Waals surface area contributed by atoms with E-state index in [1.807, 2.05) is 6.07 Å². The molecule has 0 aliphatic carbocycles. The Morgan fingerprint density at radius 1 is 1.15 bits per heavy atom. The number of hydrogen-bond acceptors (Lipinski definition) is 0. The van der Waals surface area contributed by atoms with Gasteiger partial charge in [-0.25, -0.2) is 0 Å². The second-order valence-electron chi connectivity index (χ2n) is 2.48. The molecule has 5 heteroatoms. The minimum absolute atomic E-state index is 0.396. The zero-order valence-electron chi connectivity index (χ0n) is 6.33. The van der Waals surface area contributed by atoms with Crippen LogP contribution >= 0.6 is 62.3 Å². The maximum Gasteiger partial charge on any atom is 0.216 e. The maximum atomic E-state index is 5.73. The fraction of sp³-hybridized carbons (Fsp3) is 0.250. The molecule has 0 unspecified atom stereocenters. The minimum atomic E-state index is -1.40. The highest BCUT2D eigenvalue weighted by Gasteiger charge is 2.23. The van der Waals surface area contributed by atoms with Crippen molar-refractivity contribution in [3.05, 3.63) is 33.8 Å². The van der Waals surface area contributed by atoms with E-state index in [4.69, 9.17) is 46.4 Å². The van der Waals surface area contributed by atoms with Crippen molar-refractivity contribution in [1.82, 2.24) is 0 Å². The summed E-state index contributed by atoms with van der Waals surface area (Å²) < 4.78 is -0.545. The second-order valence-corrected chi connectivity index (χ2v) is 5.94. The molecule has 0 nitrogen and oxygen atoms in total. The van der Waals surface area contributed by atoms with Crippen LogP contribution in [0.2, 0.25) is 0 Å². The van der Waals surface area contributed by atoms with Gasteiger partial charge in [0.05, 0.1) is 0 Å². The third-order valence-electron chi connectivity index (χ3n) is 1.44. The second kappa shape index (κ2) is 4.59. The van der Waals surface area contributed by atoms with Crippen molar-refractivity contribution in [2.45, 2.75) is 9.67 Å². The molecule has 0 aromatic heterocycles. The fourth-order valence-corrected chi connectivity index (χ4v) is 1.91. The highest BCUT2D eigenvalue weighted by Crippen LogP contribution is 2.39. The van der Waals surface area contributed by atoms with E-state index in [0.29, 0.717) is 11.4 Å². The summed E-state index contributed by atoms with van der Waals surface area (Å²) in [5.74, 6) is 0.396. The summed E-state index contributed by atoms with van der Waals surface area (Å²) in [6.07, 6.45) is 0.